The summed E-state index contributed by atoms with van der Waals surface area (Å²) in [6.45, 7) is 1.67. The predicted molar refractivity (Wildman–Crippen MR) is 78.1 cm³/mol. The van der Waals surface area contributed by atoms with Gasteiger partial charge in [0.1, 0.15) is 0 Å². The molecule has 1 aromatic carbocycles. The monoisotopic (exact) mass is 285 g/mol. The molecule has 2 rings (SSSR count). The molecule has 5 heteroatoms. The van der Waals surface area contributed by atoms with E-state index in [-0.39, 0.29) is 5.75 Å². The van der Waals surface area contributed by atoms with Crippen molar-refractivity contribution in [3.63, 3.8) is 0 Å². The minimum Gasteiger partial charge on any atom is -0.382 e. The van der Waals surface area contributed by atoms with Gasteiger partial charge in [0.2, 0.25) is 0 Å². The Morgan fingerprint density at radius 1 is 1.22 bits per heavy atom. The van der Waals surface area contributed by atoms with Crippen molar-refractivity contribution < 1.29 is 8.42 Å². The van der Waals surface area contributed by atoms with Crippen LogP contribution < -0.4 is 5.32 Å². The summed E-state index contributed by atoms with van der Waals surface area (Å²) in [6, 6.07) is 7.64. The van der Waals surface area contributed by atoms with Crippen LogP contribution in [0.5, 0.6) is 0 Å². The third-order valence-electron chi connectivity index (χ3n) is 3.19. The van der Waals surface area contributed by atoms with Crippen molar-refractivity contribution in [1.29, 1.82) is 0 Å². The van der Waals surface area contributed by atoms with E-state index in [9.17, 15) is 8.42 Å². The second-order valence-corrected chi connectivity index (χ2v) is 7.96. The Labute approximate surface area is 113 Å². The quantitative estimate of drug-likeness (QED) is 0.924. The lowest BCUT2D eigenvalue weighted by atomic mass is 10.1. The van der Waals surface area contributed by atoms with Crippen LogP contribution in [0.25, 0.3) is 0 Å². The molecule has 0 aliphatic carbocycles. The summed E-state index contributed by atoms with van der Waals surface area (Å²) in [5.74, 6) is 2.57. The lowest BCUT2D eigenvalue weighted by Crippen LogP contribution is -2.24. The lowest BCUT2D eigenvalue weighted by Gasteiger charge is -2.23. The largest absolute Gasteiger partial charge is 0.382 e. The Kier molecular flexibility index (Phi) is 4.56. The summed E-state index contributed by atoms with van der Waals surface area (Å²) in [7, 11) is -3.08. The number of anilines is 1. The van der Waals surface area contributed by atoms with Crippen molar-refractivity contribution in [1.82, 2.24) is 0 Å². The first kappa shape index (κ1) is 13.7. The number of sulfone groups is 1. The van der Waals surface area contributed by atoms with Gasteiger partial charge in [0.25, 0.3) is 0 Å². The van der Waals surface area contributed by atoms with Gasteiger partial charge in [-0.1, -0.05) is 6.92 Å². The first-order valence-corrected chi connectivity index (χ1v) is 9.09. The van der Waals surface area contributed by atoms with Crippen LogP contribution in [0, 0.1) is 0 Å². The number of hydrogen-bond acceptors (Lipinski definition) is 4. The molecule has 0 radical (unpaired) electrons. The molecule has 1 heterocycles. The van der Waals surface area contributed by atoms with Gasteiger partial charge < -0.3 is 5.32 Å². The van der Waals surface area contributed by atoms with Crippen LogP contribution in [-0.2, 0) is 9.84 Å². The number of rotatable bonds is 4. The van der Waals surface area contributed by atoms with Crippen LogP contribution in [0.3, 0.4) is 0 Å². The molecule has 1 saturated heterocycles. The van der Waals surface area contributed by atoms with E-state index in [4.69, 9.17) is 0 Å². The van der Waals surface area contributed by atoms with Gasteiger partial charge in [0.15, 0.2) is 9.84 Å². The van der Waals surface area contributed by atoms with Crippen LogP contribution in [0.2, 0.25) is 0 Å². The van der Waals surface area contributed by atoms with E-state index >= 15 is 0 Å². The molecule has 0 bridgehead atoms. The van der Waals surface area contributed by atoms with E-state index in [1.807, 2.05) is 23.9 Å². The molecule has 18 heavy (non-hydrogen) atoms. The highest BCUT2D eigenvalue weighted by atomic mass is 32.2. The minimum absolute atomic E-state index is 0.152. The molecule has 1 fully saturated rings. The van der Waals surface area contributed by atoms with E-state index < -0.39 is 9.84 Å². The third kappa shape index (κ3) is 3.42. The molecule has 100 valence electrons. The number of thioether (sulfide) groups is 1. The molecule has 3 nitrogen and oxygen atoms in total. The molecule has 1 aliphatic heterocycles. The van der Waals surface area contributed by atoms with E-state index in [1.165, 1.54) is 24.3 Å². The van der Waals surface area contributed by atoms with Gasteiger partial charge in [0, 0.05) is 11.7 Å². The topological polar surface area (TPSA) is 46.2 Å². The average Bonchev–Trinajstić information content (AvgIpc) is 2.40. The molecular formula is C13H19NO2S2. The molecule has 1 aromatic rings. The maximum absolute atomic E-state index is 11.7. The highest BCUT2D eigenvalue weighted by Crippen LogP contribution is 2.22. The van der Waals surface area contributed by atoms with Gasteiger partial charge in [-0.15, -0.1) is 0 Å². The Morgan fingerprint density at radius 3 is 2.39 bits per heavy atom. The smallest absolute Gasteiger partial charge is 0.178 e. The van der Waals surface area contributed by atoms with E-state index in [0.29, 0.717) is 10.9 Å². The van der Waals surface area contributed by atoms with Crippen molar-refractivity contribution in [2.24, 2.45) is 0 Å². The van der Waals surface area contributed by atoms with E-state index in [0.717, 1.165) is 5.69 Å². The molecule has 0 atom stereocenters. The zero-order valence-corrected chi connectivity index (χ0v) is 12.2. The zero-order chi connectivity index (χ0) is 13.0. The Bertz CT molecular complexity index is 476. The summed E-state index contributed by atoms with van der Waals surface area (Å²) in [5, 5.41) is 3.47. The molecule has 0 spiro atoms. The first-order chi connectivity index (χ1) is 8.62. The van der Waals surface area contributed by atoms with Crippen molar-refractivity contribution in [2.75, 3.05) is 22.6 Å². The molecular weight excluding hydrogens is 266 g/mol. The fraction of sp³-hybridized carbons (Fsp3) is 0.538. The molecule has 1 N–H and O–H groups in total. The highest BCUT2D eigenvalue weighted by Gasteiger charge is 2.14. The Hall–Kier alpha value is -0.680. The van der Waals surface area contributed by atoms with Crippen LogP contribution in [0.1, 0.15) is 19.8 Å². The summed E-state index contributed by atoms with van der Waals surface area (Å²) in [4.78, 5) is 0.412. The van der Waals surface area contributed by atoms with Gasteiger partial charge in [-0.05, 0) is 48.6 Å². The summed E-state index contributed by atoms with van der Waals surface area (Å²) >= 11 is 2.00. The second-order valence-electron chi connectivity index (χ2n) is 4.46. The van der Waals surface area contributed by atoms with Crippen molar-refractivity contribution in [3.8, 4) is 0 Å². The normalized spacial score (nSPS) is 17.6. The van der Waals surface area contributed by atoms with Crippen molar-refractivity contribution >= 4 is 27.3 Å². The first-order valence-electron chi connectivity index (χ1n) is 6.29. The third-order valence-corrected chi connectivity index (χ3v) is 5.98. The van der Waals surface area contributed by atoms with Gasteiger partial charge in [-0.25, -0.2) is 8.42 Å². The molecule has 0 aromatic heterocycles. The van der Waals surface area contributed by atoms with Gasteiger partial charge in [-0.2, -0.15) is 11.8 Å². The average molecular weight is 285 g/mol. The highest BCUT2D eigenvalue weighted by molar-refractivity contribution is 7.99. The van der Waals surface area contributed by atoms with Gasteiger partial charge in [-0.3, -0.25) is 0 Å². The fourth-order valence-corrected chi connectivity index (χ4v) is 3.99. The van der Waals surface area contributed by atoms with Gasteiger partial charge >= 0.3 is 0 Å². The summed E-state index contributed by atoms with van der Waals surface area (Å²) < 4.78 is 23.4. The molecule has 0 amide bonds. The molecule has 1 aliphatic rings. The fourth-order valence-electron chi connectivity index (χ4n) is 2.00. The summed E-state index contributed by atoms with van der Waals surface area (Å²) in [5.41, 5.74) is 1.02. The van der Waals surface area contributed by atoms with Crippen LogP contribution >= 0.6 is 11.8 Å². The number of nitrogens with one attached hydrogen (secondary N) is 1. The maximum Gasteiger partial charge on any atom is 0.178 e. The lowest BCUT2D eigenvalue weighted by molar-refractivity contribution is 0.597. The SMILES string of the molecule is CCS(=O)(=O)c1ccc(NC2CCSCC2)cc1. The van der Waals surface area contributed by atoms with Crippen LogP contribution in [0.4, 0.5) is 5.69 Å². The Morgan fingerprint density at radius 2 is 1.83 bits per heavy atom. The standard InChI is InChI=1S/C13H19NO2S2/c1-2-18(15,16)13-5-3-11(4-6-13)14-12-7-9-17-10-8-12/h3-6,12,14H,2,7-10H2,1H3. The zero-order valence-electron chi connectivity index (χ0n) is 10.6. The molecule has 0 unspecified atom stereocenters. The predicted octanol–water partition coefficient (Wildman–Crippen LogP) is 2.79. The van der Waals surface area contributed by atoms with E-state index in [2.05, 4.69) is 5.32 Å². The van der Waals surface area contributed by atoms with Crippen LogP contribution in [-0.4, -0.2) is 31.7 Å². The Balaban J connectivity index is 2.03. The van der Waals surface area contributed by atoms with Crippen molar-refractivity contribution in [2.45, 2.75) is 30.7 Å². The number of benzene rings is 1. The van der Waals surface area contributed by atoms with Gasteiger partial charge in [0.05, 0.1) is 10.6 Å². The second kappa shape index (κ2) is 5.97. The number of hydrogen-bond donors (Lipinski definition) is 1. The van der Waals surface area contributed by atoms with Crippen LogP contribution in [0.15, 0.2) is 29.2 Å². The minimum atomic E-state index is -3.08. The maximum atomic E-state index is 11.7. The van der Waals surface area contributed by atoms with E-state index in [1.54, 1.807) is 19.1 Å². The summed E-state index contributed by atoms with van der Waals surface area (Å²) in [6.07, 6.45) is 2.36. The molecule has 0 saturated carbocycles. The van der Waals surface area contributed by atoms with Crippen molar-refractivity contribution in [3.05, 3.63) is 24.3 Å².